The van der Waals surface area contributed by atoms with Crippen molar-refractivity contribution in [2.75, 3.05) is 26.3 Å². The standard InChI is InChI=1S/C22H24F3N4O7PS2.C2HF3O2/c23-15-9-12(3-4-13(15)11-28)22(37(30,31)32)29-39(33,34)16-10-14-17(24)19(35-7-1-5-26)20(36-8-2-6-27)18(25)21(14)38-16;3-2(4,5)1(6)7/h3-4,9-10,22,29H,1-2,5-8,26-27H2,(H2,30,31,32);(H,6,7). The van der Waals surface area contributed by atoms with E-state index in [-0.39, 0.29) is 24.6 Å². The summed E-state index contributed by atoms with van der Waals surface area (Å²) in [4.78, 5) is 30.5. The lowest BCUT2D eigenvalue weighted by Gasteiger charge is -2.28. The second-order valence-corrected chi connectivity index (χ2v) is 13.6. The van der Waals surface area contributed by atoms with Crippen LogP contribution < -0.4 is 35.7 Å². The highest BCUT2D eigenvalue weighted by Gasteiger charge is 2.33. The fraction of sp³-hybridized carbons (Fsp3) is 0.333. The number of carboxylic acids is 1. The fourth-order valence-corrected chi connectivity index (χ4v) is 7.34. The summed E-state index contributed by atoms with van der Waals surface area (Å²) in [7, 11) is -10.4. The smallest absolute Gasteiger partial charge is 0.430 e. The van der Waals surface area contributed by atoms with Crippen LogP contribution in [-0.4, -0.2) is 51.8 Å². The molecule has 0 saturated carbocycles. The van der Waals surface area contributed by atoms with Crippen molar-refractivity contribution in [3.8, 4) is 17.6 Å². The van der Waals surface area contributed by atoms with Crippen molar-refractivity contribution < 1.29 is 80.0 Å². The Morgan fingerprint density at radius 3 is 2.04 bits per heavy atom. The molecule has 13 nitrogen and oxygen atoms in total. The van der Waals surface area contributed by atoms with E-state index in [2.05, 4.69) is 11.5 Å². The van der Waals surface area contributed by atoms with E-state index in [0.717, 1.165) is 18.2 Å². The third-order valence-corrected chi connectivity index (χ3v) is 9.83. The van der Waals surface area contributed by atoms with Crippen LogP contribution in [-0.2, 0) is 19.4 Å². The minimum Gasteiger partial charge on any atom is -0.777 e. The van der Waals surface area contributed by atoms with Crippen molar-refractivity contribution in [3.05, 3.63) is 52.8 Å². The van der Waals surface area contributed by atoms with Crippen molar-refractivity contribution in [1.29, 1.82) is 5.26 Å². The number of carbonyl (C=O) groups is 1. The van der Waals surface area contributed by atoms with Crippen LogP contribution in [0.4, 0.5) is 26.3 Å². The first-order valence-electron chi connectivity index (χ1n) is 12.6. The first-order chi connectivity index (χ1) is 21.3. The van der Waals surface area contributed by atoms with Gasteiger partial charge in [-0.1, -0.05) is 6.07 Å². The Kier molecular flexibility index (Phi) is 13.4. The Balaban J connectivity index is 0.000000942. The molecule has 0 fully saturated rings. The topological polar surface area (TPSA) is 244 Å². The van der Waals surface area contributed by atoms with Crippen LogP contribution in [0, 0.1) is 28.8 Å². The molecule has 254 valence electrons. The van der Waals surface area contributed by atoms with Crippen molar-refractivity contribution in [2.45, 2.75) is 29.0 Å². The lowest BCUT2D eigenvalue weighted by molar-refractivity contribution is -0.369. The van der Waals surface area contributed by atoms with Crippen molar-refractivity contribution in [2.24, 2.45) is 0 Å². The summed E-state index contributed by atoms with van der Waals surface area (Å²) in [5.41, 5.74) is 6.31. The maximum absolute atomic E-state index is 15.5. The highest BCUT2D eigenvalue weighted by atomic mass is 32.2. The number of hydrogen-bond donors (Lipinski definition) is 4. The number of thiophene rings is 1. The zero-order valence-electron chi connectivity index (χ0n) is 23.2. The number of hydrogen-bond acceptors (Lipinski definition) is 10. The number of nitrogens with zero attached hydrogens (tertiary/aromatic N) is 1. The minimum absolute atomic E-state index is 0.0206. The Hall–Kier alpha value is -3.48. The van der Waals surface area contributed by atoms with Crippen LogP contribution in [0.15, 0.2) is 28.5 Å². The van der Waals surface area contributed by atoms with Gasteiger partial charge >= 0.3 is 6.18 Å². The Labute approximate surface area is 260 Å². The van der Waals surface area contributed by atoms with Gasteiger partial charge in [-0.2, -0.15) is 23.2 Å². The number of aliphatic carboxylic acids is 1. The predicted molar refractivity (Wildman–Crippen MR) is 143 cm³/mol. The molecule has 0 radical (unpaired) electrons. The normalized spacial score (nSPS) is 13.7. The van der Waals surface area contributed by atoms with Gasteiger partial charge in [0.05, 0.1) is 36.6 Å². The third kappa shape index (κ3) is 9.76. The molecule has 0 aliphatic carbocycles. The monoisotopic (exact) mass is 722 g/mol. The van der Waals surface area contributed by atoms with E-state index in [1.807, 2.05) is 0 Å². The number of sulfonamides is 1. The SMILES string of the molecule is N#Cc1ccc(C(NS(=O)(=O)c2cc3c(F)c(OCCC[NH3+])c(OCCC[NH3+])c(F)c3s2)P(=O)([O-])O)cc1F.O=C([O-])C(F)(F)F. The summed E-state index contributed by atoms with van der Waals surface area (Å²) in [5.74, 6) is -9.83. The molecule has 0 saturated heterocycles. The number of fused-ring (bicyclic) bond motifs is 1. The van der Waals surface area contributed by atoms with Crippen LogP contribution in [0.5, 0.6) is 11.5 Å². The molecule has 0 amide bonds. The molecule has 0 aliphatic rings. The average Bonchev–Trinajstić information content (AvgIpc) is 3.42. The molecular formula is C24H25F6N4O9PS2. The lowest BCUT2D eigenvalue weighted by Crippen LogP contribution is -2.50. The first kappa shape index (κ1) is 38.7. The number of rotatable bonds is 13. The van der Waals surface area contributed by atoms with Crippen LogP contribution in [0.25, 0.3) is 10.1 Å². The van der Waals surface area contributed by atoms with Gasteiger partial charge in [0, 0.05) is 18.2 Å². The van der Waals surface area contributed by atoms with Crippen molar-refractivity contribution >= 4 is 45.0 Å². The van der Waals surface area contributed by atoms with E-state index in [1.54, 1.807) is 4.72 Å². The number of carboxylic acid groups (broad SMARTS) is 1. The van der Waals surface area contributed by atoms with Gasteiger partial charge in [-0.05, 0) is 23.8 Å². The highest BCUT2D eigenvalue weighted by Crippen LogP contribution is 2.48. The van der Waals surface area contributed by atoms with Gasteiger partial charge in [-0.25, -0.2) is 21.6 Å². The summed E-state index contributed by atoms with van der Waals surface area (Å²) in [6, 6.07) is 4.70. The zero-order chi connectivity index (χ0) is 35.0. The molecule has 2 unspecified atom stereocenters. The predicted octanol–water partition coefficient (Wildman–Crippen LogP) is 0.0333. The van der Waals surface area contributed by atoms with E-state index in [1.165, 1.54) is 6.07 Å². The largest absolute Gasteiger partial charge is 0.777 e. The quantitative estimate of drug-likeness (QED) is 0.105. The second-order valence-electron chi connectivity index (χ2n) is 8.93. The molecule has 8 N–H and O–H groups in total. The Bertz CT molecular complexity index is 1710. The van der Waals surface area contributed by atoms with E-state index >= 15 is 8.78 Å². The molecule has 2 atom stereocenters. The third-order valence-electron chi connectivity index (χ3n) is 5.55. The number of ether oxygens (including phenoxy) is 2. The van der Waals surface area contributed by atoms with Gasteiger partial charge in [0.25, 0.3) is 10.0 Å². The summed E-state index contributed by atoms with van der Waals surface area (Å²) >= 11 is 0.279. The molecule has 1 aromatic heterocycles. The van der Waals surface area contributed by atoms with Crippen molar-refractivity contribution in [1.82, 2.24) is 4.72 Å². The highest BCUT2D eigenvalue weighted by molar-refractivity contribution is 7.92. The second kappa shape index (κ2) is 15.9. The fourth-order valence-electron chi connectivity index (χ4n) is 3.38. The summed E-state index contributed by atoms with van der Waals surface area (Å²) in [5, 5.41) is 17.2. The minimum atomic E-state index is -5.54. The number of nitriles is 1. The van der Waals surface area contributed by atoms with Gasteiger partial charge in [0.1, 0.15) is 27.8 Å². The summed E-state index contributed by atoms with van der Waals surface area (Å²) < 4.78 is 126. The van der Waals surface area contributed by atoms with Crippen molar-refractivity contribution in [3.63, 3.8) is 0 Å². The van der Waals surface area contributed by atoms with Crippen LogP contribution in [0.2, 0.25) is 0 Å². The van der Waals surface area contributed by atoms with Gasteiger partial charge in [-0.3, -0.25) is 0 Å². The van der Waals surface area contributed by atoms with Gasteiger partial charge < -0.3 is 45.2 Å². The molecule has 1 heterocycles. The Morgan fingerprint density at radius 2 is 1.61 bits per heavy atom. The van der Waals surface area contributed by atoms with Crippen LogP contribution >= 0.6 is 18.9 Å². The van der Waals surface area contributed by atoms with Gasteiger partial charge in [-0.15, -0.1) is 11.3 Å². The van der Waals surface area contributed by atoms with Gasteiger partial charge in [0.15, 0.2) is 19.2 Å². The first-order valence-corrected chi connectivity index (χ1v) is 16.6. The number of alkyl halides is 3. The molecule has 2 aromatic carbocycles. The Morgan fingerprint density at radius 1 is 1.09 bits per heavy atom. The molecule has 0 aliphatic heterocycles. The zero-order valence-corrected chi connectivity index (χ0v) is 25.8. The molecule has 0 bridgehead atoms. The number of carbonyl (C=O) groups excluding carboxylic acids is 1. The molecule has 0 spiro atoms. The van der Waals surface area contributed by atoms with E-state index in [4.69, 9.17) is 24.6 Å². The summed E-state index contributed by atoms with van der Waals surface area (Å²) in [6.07, 6.45) is -4.36. The molecule has 3 aromatic rings. The molecular weight excluding hydrogens is 697 g/mol. The van der Waals surface area contributed by atoms with E-state index in [0.29, 0.717) is 32.0 Å². The van der Waals surface area contributed by atoms with Crippen LogP contribution in [0.1, 0.15) is 29.8 Å². The van der Waals surface area contributed by atoms with Crippen LogP contribution in [0.3, 0.4) is 0 Å². The number of halogens is 6. The number of benzene rings is 2. The summed E-state index contributed by atoms with van der Waals surface area (Å²) in [6.45, 7) is 0.865. The maximum atomic E-state index is 15.5. The van der Waals surface area contributed by atoms with E-state index < -0.39 is 89.9 Å². The maximum Gasteiger partial charge on any atom is 0.430 e. The lowest BCUT2D eigenvalue weighted by atomic mass is 10.1. The molecule has 3 rings (SSSR count). The van der Waals surface area contributed by atoms with E-state index in [9.17, 15) is 40.3 Å². The number of quaternary nitrogens is 2. The molecule has 22 heteroatoms. The number of nitrogens with one attached hydrogen (secondary N) is 1. The molecule has 46 heavy (non-hydrogen) atoms. The van der Waals surface area contributed by atoms with Gasteiger partial charge in [0.2, 0.25) is 11.5 Å². The average molecular weight is 723 g/mol.